The molecule has 0 aliphatic rings. The van der Waals surface area contributed by atoms with Crippen LogP contribution in [-0.2, 0) is 0 Å². The van der Waals surface area contributed by atoms with Crippen molar-refractivity contribution in [2.45, 2.75) is 24.6 Å². The fraction of sp³-hybridized carbons (Fsp3) is 1.00. The van der Waals surface area contributed by atoms with Crippen molar-refractivity contribution >= 4 is 23.5 Å². The number of thioether (sulfide) groups is 2. The molecular weight excluding hydrogens is 150 g/mol. The standard InChI is InChI=1S/C6H14NS2/c1-5(8-3)7-6(2)9-4/h5-6H,1-4H3. The molecule has 0 heterocycles. The van der Waals surface area contributed by atoms with Crippen LogP contribution < -0.4 is 5.32 Å². The molecule has 3 heteroatoms. The van der Waals surface area contributed by atoms with Crippen LogP contribution in [0, 0.1) is 0 Å². The third-order valence-corrected chi connectivity index (χ3v) is 2.71. The summed E-state index contributed by atoms with van der Waals surface area (Å²) < 4.78 is 0. The average molecular weight is 164 g/mol. The fourth-order valence-electron chi connectivity index (χ4n) is 0.417. The van der Waals surface area contributed by atoms with Gasteiger partial charge in [-0.15, -0.1) is 23.5 Å². The van der Waals surface area contributed by atoms with Crippen LogP contribution in [0.4, 0.5) is 0 Å². The van der Waals surface area contributed by atoms with Gasteiger partial charge in [0.25, 0.3) is 0 Å². The smallest absolute Gasteiger partial charge is 0.0681 e. The molecule has 0 N–H and O–H groups in total. The van der Waals surface area contributed by atoms with Crippen molar-refractivity contribution in [1.82, 2.24) is 5.32 Å². The molecular formula is C6H14NS2. The predicted octanol–water partition coefficient (Wildman–Crippen LogP) is 2.01. The monoisotopic (exact) mass is 164 g/mol. The Morgan fingerprint density at radius 3 is 1.56 bits per heavy atom. The molecule has 0 spiro atoms. The molecule has 0 aromatic heterocycles. The Kier molecular flexibility index (Phi) is 5.84. The highest BCUT2D eigenvalue weighted by Crippen LogP contribution is 2.09. The molecule has 0 bridgehead atoms. The van der Waals surface area contributed by atoms with Crippen molar-refractivity contribution in [2.24, 2.45) is 0 Å². The summed E-state index contributed by atoms with van der Waals surface area (Å²) in [5.41, 5.74) is 0. The van der Waals surface area contributed by atoms with Crippen molar-refractivity contribution in [3.05, 3.63) is 0 Å². The second-order valence-corrected chi connectivity index (χ2v) is 4.13. The molecule has 0 saturated heterocycles. The summed E-state index contributed by atoms with van der Waals surface area (Å²) in [6, 6.07) is 0. The van der Waals surface area contributed by atoms with Crippen LogP contribution in [0.5, 0.6) is 0 Å². The van der Waals surface area contributed by atoms with Gasteiger partial charge in [-0.25, -0.2) is 5.32 Å². The first kappa shape index (κ1) is 9.66. The number of rotatable bonds is 4. The Morgan fingerprint density at radius 1 is 1.00 bits per heavy atom. The number of hydrogen-bond donors (Lipinski definition) is 0. The lowest BCUT2D eigenvalue weighted by Gasteiger charge is -2.12. The molecule has 55 valence electrons. The van der Waals surface area contributed by atoms with E-state index in [0.29, 0.717) is 10.7 Å². The van der Waals surface area contributed by atoms with Gasteiger partial charge in [0.2, 0.25) is 0 Å². The van der Waals surface area contributed by atoms with Gasteiger partial charge in [-0.2, -0.15) is 0 Å². The predicted molar refractivity (Wildman–Crippen MR) is 48.1 cm³/mol. The van der Waals surface area contributed by atoms with E-state index in [4.69, 9.17) is 0 Å². The SMILES string of the molecule is CSC(C)[N]C(C)SC. The molecule has 0 aliphatic carbocycles. The Labute approximate surface area is 66.4 Å². The molecule has 1 radical (unpaired) electrons. The van der Waals surface area contributed by atoms with Gasteiger partial charge in [-0.1, -0.05) is 0 Å². The van der Waals surface area contributed by atoms with Gasteiger partial charge in [-0.3, -0.25) is 0 Å². The molecule has 0 fully saturated rings. The van der Waals surface area contributed by atoms with E-state index in [9.17, 15) is 0 Å². The van der Waals surface area contributed by atoms with Gasteiger partial charge >= 0.3 is 0 Å². The van der Waals surface area contributed by atoms with E-state index in [2.05, 4.69) is 31.7 Å². The molecule has 0 rings (SSSR count). The van der Waals surface area contributed by atoms with Crippen LogP contribution in [0.1, 0.15) is 13.8 Å². The minimum absolute atomic E-state index is 0.451. The second-order valence-electron chi connectivity index (χ2n) is 1.82. The highest BCUT2D eigenvalue weighted by molar-refractivity contribution is 8.00. The molecule has 9 heavy (non-hydrogen) atoms. The zero-order chi connectivity index (χ0) is 7.28. The quantitative estimate of drug-likeness (QED) is 0.631. The van der Waals surface area contributed by atoms with Gasteiger partial charge in [0.05, 0.1) is 10.7 Å². The zero-order valence-electron chi connectivity index (χ0n) is 6.42. The summed E-state index contributed by atoms with van der Waals surface area (Å²) in [6.07, 6.45) is 4.17. The van der Waals surface area contributed by atoms with E-state index in [1.807, 2.05) is 0 Å². The van der Waals surface area contributed by atoms with Gasteiger partial charge in [-0.05, 0) is 26.4 Å². The summed E-state index contributed by atoms with van der Waals surface area (Å²) in [6.45, 7) is 4.24. The maximum absolute atomic E-state index is 4.44. The number of hydrogen-bond acceptors (Lipinski definition) is 2. The highest BCUT2D eigenvalue weighted by Gasteiger charge is 2.04. The lowest BCUT2D eigenvalue weighted by Crippen LogP contribution is -2.21. The molecule has 0 aromatic rings. The summed E-state index contributed by atoms with van der Waals surface area (Å²) >= 11 is 3.58. The lowest BCUT2D eigenvalue weighted by atomic mass is 10.6. The van der Waals surface area contributed by atoms with E-state index in [1.54, 1.807) is 23.5 Å². The van der Waals surface area contributed by atoms with Crippen molar-refractivity contribution < 1.29 is 0 Å². The van der Waals surface area contributed by atoms with Crippen LogP contribution in [-0.4, -0.2) is 23.3 Å². The molecule has 0 saturated carbocycles. The summed E-state index contributed by atoms with van der Waals surface area (Å²) in [5, 5.41) is 5.34. The largest absolute Gasteiger partial charge is 0.214 e. The van der Waals surface area contributed by atoms with Gasteiger partial charge in [0, 0.05) is 0 Å². The van der Waals surface area contributed by atoms with Crippen LogP contribution in [0.3, 0.4) is 0 Å². The first-order valence-electron chi connectivity index (χ1n) is 2.96. The molecule has 2 unspecified atom stereocenters. The molecule has 0 aromatic carbocycles. The first-order valence-corrected chi connectivity index (χ1v) is 5.53. The average Bonchev–Trinajstić information content (AvgIpc) is 1.87. The fourth-order valence-corrected chi connectivity index (χ4v) is 1.10. The minimum Gasteiger partial charge on any atom is -0.214 e. The molecule has 1 nitrogen and oxygen atoms in total. The lowest BCUT2D eigenvalue weighted by molar-refractivity contribution is 0.668. The van der Waals surface area contributed by atoms with Gasteiger partial charge in [0.15, 0.2) is 0 Å². The third kappa shape index (κ3) is 5.12. The van der Waals surface area contributed by atoms with Crippen LogP contribution >= 0.6 is 23.5 Å². The van der Waals surface area contributed by atoms with Crippen LogP contribution in [0.2, 0.25) is 0 Å². The molecule has 0 amide bonds. The maximum Gasteiger partial charge on any atom is 0.0681 e. The van der Waals surface area contributed by atoms with Gasteiger partial charge < -0.3 is 0 Å². The zero-order valence-corrected chi connectivity index (χ0v) is 8.05. The Hall–Kier alpha value is 0.660. The van der Waals surface area contributed by atoms with Crippen molar-refractivity contribution in [3.8, 4) is 0 Å². The molecule has 2 atom stereocenters. The van der Waals surface area contributed by atoms with Crippen molar-refractivity contribution in [2.75, 3.05) is 12.5 Å². The minimum atomic E-state index is 0.451. The van der Waals surface area contributed by atoms with Crippen molar-refractivity contribution in [1.29, 1.82) is 0 Å². The Balaban J connectivity index is 3.22. The van der Waals surface area contributed by atoms with E-state index >= 15 is 0 Å². The van der Waals surface area contributed by atoms with Gasteiger partial charge in [0.1, 0.15) is 0 Å². The van der Waals surface area contributed by atoms with Crippen LogP contribution in [0.15, 0.2) is 0 Å². The highest BCUT2D eigenvalue weighted by atomic mass is 32.2. The molecule has 0 aliphatic heterocycles. The van der Waals surface area contributed by atoms with E-state index in [-0.39, 0.29) is 0 Å². The summed E-state index contributed by atoms with van der Waals surface area (Å²) in [5.74, 6) is 0. The van der Waals surface area contributed by atoms with Crippen LogP contribution in [0.25, 0.3) is 0 Å². The Bertz CT molecular complexity index is 60.1. The summed E-state index contributed by atoms with van der Waals surface area (Å²) in [7, 11) is 0. The normalized spacial score (nSPS) is 17.3. The van der Waals surface area contributed by atoms with E-state index < -0.39 is 0 Å². The van der Waals surface area contributed by atoms with E-state index in [0.717, 1.165) is 0 Å². The van der Waals surface area contributed by atoms with E-state index in [1.165, 1.54) is 0 Å². The second kappa shape index (κ2) is 5.45. The maximum atomic E-state index is 4.44. The number of nitrogens with zero attached hydrogens (tertiary/aromatic N) is 1. The first-order chi connectivity index (χ1) is 4.20. The summed E-state index contributed by atoms with van der Waals surface area (Å²) in [4.78, 5) is 0. The third-order valence-electron chi connectivity index (χ3n) is 1.10. The Morgan fingerprint density at radius 2 is 1.33 bits per heavy atom. The van der Waals surface area contributed by atoms with Crippen molar-refractivity contribution in [3.63, 3.8) is 0 Å². The topological polar surface area (TPSA) is 14.1 Å².